The summed E-state index contributed by atoms with van der Waals surface area (Å²) in [5.74, 6) is 0.334. The maximum Gasteiger partial charge on any atom is 0.266 e. The Morgan fingerprint density at radius 2 is 1.78 bits per heavy atom. The lowest BCUT2D eigenvalue weighted by Crippen LogP contribution is -2.30. The highest BCUT2D eigenvalue weighted by Gasteiger charge is 2.16. The number of carbonyl (C=O) groups is 1. The van der Waals surface area contributed by atoms with Crippen molar-refractivity contribution < 1.29 is 4.79 Å². The quantitative estimate of drug-likeness (QED) is 0.773. The van der Waals surface area contributed by atoms with Crippen molar-refractivity contribution in [3.8, 4) is 0 Å². The fraction of sp³-hybridized carbons (Fsp3) is 0.421. The smallest absolute Gasteiger partial charge is 0.266 e. The molecule has 0 unspecified atom stereocenters. The molecule has 0 saturated heterocycles. The van der Waals surface area contributed by atoms with E-state index in [0.29, 0.717) is 12.0 Å². The Kier molecular flexibility index (Phi) is 5.83. The molecule has 1 aromatic carbocycles. The van der Waals surface area contributed by atoms with E-state index in [1.165, 1.54) is 17.0 Å². The van der Waals surface area contributed by atoms with Crippen LogP contribution in [0.2, 0.25) is 0 Å². The van der Waals surface area contributed by atoms with E-state index in [9.17, 15) is 4.79 Å². The lowest BCUT2D eigenvalue weighted by atomic mass is 10.0. The maximum atomic E-state index is 12.5. The normalized spacial score (nSPS) is 11.1. The van der Waals surface area contributed by atoms with Crippen LogP contribution in [0.4, 0.5) is 11.4 Å². The maximum absolute atomic E-state index is 12.5. The Morgan fingerprint density at radius 1 is 1.13 bits per heavy atom. The average molecular weight is 330 g/mol. The van der Waals surface area contributed by atoms with E-state index in [-0.39, 0.29) is 5.91 Å². The van der Waals surface area contributed by atoms with Crippen LogP contribution >= 0.6 is 11.3 Å². The van der Waals surface area contributed by atoms with Gasteiger partial charge in [0.25, 0.3) is 5.91 Å². The summed E-state index contributed by atoms with van der Waals surface area (Å²) >= 11 is 1.50. The van der Waals surface area contributed by atoms with Gasteiger partial charge in [-0.2, -0.15) is 0 Å². The zero-order chi connectivity index (χ0) is 17.0. The van der Waals surface area contributed by atoms with Gasteiger partial charge >= 0.3 is 0 Å². The Labute approximate surface area is 143 Å². The number of carbonyl (C=O) groups excluding carboxylic acids is 1. The van der Waals surface area contributed by atoms with Crippen LogP contribution in [0.15, 0.2) is 35.7 Å². The minimum atomic E-state index is -0.0207. The molecule has 124 valence electrons. The van der Waals surface area contributed by atoms with Gasteiger partial charge in [-0.3, -0.25) is 4.79 Å². The lowest BCUT2D eigenvalue weighted by molar-refractivity contribution is 0.102. The van der Waals surface area contributed by atoms with Crippen molar-refractivity contribution in [1.29, 1.82) is 0 Å². The highest BCUT2D eigenvalue weighted by molar-refractivity contribution is 7.12. The molecule has 1 amide bonds. The molecule has 4 heteroatoms. The van der Waals surface area contributed by atoms with Crippen molar-refractivity contribution in [2.75, 3.05) is 16.8 Å². The topological polar surface area (TPSA) is 32.3 Å². The Hall–Kier alpha value is -1.81. The van der Waals surface area contributed by atoms with Gasteiger partial charge in [-0.05, 0) is 68.0 Å². The largest absolute Gasteiger partial charge is 0.369 e. The summed E-state index contributed by atoms with van der Waals surface area (Å²) in [5, 5.41) is 4.99. The molecule has 0 radical (unpaired) electrons. The molecule has 23 heavy (non-hydrogen) atoms. The van der Waals surface area contributed by atoms with E-state index in [0.717, 1.165) is 22.7 Å². The van der Waals surface area contributed by atoms with Crippen LogP contribution in [0.5, 0.6) is 0 Å². The first-order valence-electron chi connectivity index (χ1n) is 8.19. The van der Waals surface area contributed by atoms with Crippen molar-refractivity contribution in [3.63, 3.8) is 0 Å². The minimum absolute atomic E-state index is 0.0207. The Balaban J connectivity index is 2.12. The predicted molar refractivity (Wildman–Crippen MR) is 101 cm³/mol. The molecule has 1 N–H and O–H groups in total. The van der Waals surface area contributed by atoms with E-state index in [4.69, 9.17) is 0 Å². The molecule has 1 aromatic heterocycles. The second kappa shape index (κ2) is 7.64. The van der Waals surface area contributed by atoms with E-state index >= 15 is 0 Å². The summed E-state index contributed by atoms with van der Waals surface area (Å²) in [6, 6.07) is 10.6. The summed E-state index contributed by atoms with van der Waals surface area (Å²) in [6.45, 7) is 11.7. The molecule has 3 nitrogen and oxygen atoms in total. The number of nitrogens with one attached hydrogen (secondary N) is 1. The lowest BCUT2D eigenvalue weighted by Gasteiger charge is -2.27. The molecule has 0 saturated carbocycles. The minimum Gasteiger partial charge on any atom is -0.369 e. The zero-order valence-corrected chi connectivity index (χ0v) is 15.4. The Bertz CT molecular complexity index is 644. The molecule has 0 atom stereocenters. The van der Waals surface area contributed by atoms with Crippen molar-refractivity contribution >= 4 is 28.6 Å². The number of hydrogen-bond acceptors (Lipinski definition) is 3. The summed E-state index contributed by atoms with van der Waals surface area (Å²) < 4.78 is 0. The van der Waals surface area contributed by atoms with Gasteiger partial charge in [0.05, 0.1) is 4.88 Å². The van der Waals surface area contributed by atoms with Gasteiger partial charge in [0.2, 0.25) is 0 Å². The van der Waals surface area contributed by atoms with Crippen LogP contribution in [0.3, 0.4) is 0 Å². The van der Waals surface area contributed by atoms with Crippen LogP contribution in [0.1, 0.15) is 55.8 Å². The summed E-state index contributed by atoms with van der Waals surface area (Å²) in [7, 11) is 0. The highest BCUT2D eigenvalue weighted by Crippen LogP contribution is 2.26. The molecular weight excluding hydrogens is 304 g/mol. The predicted octanol–water partition coefficient (Wildman–Crippen LogP) is 5.36. The molecule has 2 rings (SSSR count). The third-order valence-electron chi connectivity index (χ3n) is 3.94. The third-order valence-corrected chi connectivity index (χ3v) is 4.87. The second-order valence-electron chi connectivity index (χ2n) is 6.24. The van der Waals surface area contributed by atoms with Gasteiger partial charge in [0.1, 0.15) is 0 Å². The number of amides is 1. The van der Waals surface area contributed by atoms with E-state index in [1.54, 1.807) is 0 Å². The number of hydrogen-bond donors (Lipinski definition) is 1. The van der Waals surface area contributed by atoms with Gasteiger partial charge in [-0.1, -0.05) is 13.8 Å². The van der Waals surface area contributed by atoms with Crippen molar-refractivity contribution in [2.24, 2.45) is 0 Å². The standard InChI is InChI=1S/C19H26N2OS/c1-6-21(14(4)5)16-9-7-15(8-10-16)20-19(22)18-17(13(2)3)11-12-23-18/h7-14H,6H2,1-5H3,(H,20,22). The molecule has 1 heterocycles. The van der Waals surface area contributed by atoms with E-state index in [2.05, 4.69) is 57.0 Å². The first kappa shape index (κ1) is 17.5. The van der Waals surface area contributed by atoms with E-state index < -0.39 is 0 Å². The van der Waals surface area contributed by atoms with Gasteiger partial charge in [-0.25, -0.2) is 0 Å². The number of rotatable bonds is 6. The van der Waals surface area contributed by atoms with Gasteiger partial charge in [0.15, 0.2) is 0 Å². The molecule has 0 aliphatic heterocycles. The average Bonchev–Trinajstić information content (AvgIpc) is 2.99. The molecule has 2 aromatic rings. The summed E-state index contributed by atoms with van der Waals surface area (Å²) in [4.78, 5) is 15.6. The third kappa shape index (κ3) is 4.14. The van der Waals surface area contributed by atoms with E-state index in [1.807, 2.05) is 23.6 Å². The molecule has 0 bridgehead atoms. The van der Waals surface area contributed by atoms with Gasteiger partial charge in [0, 0.05) is 24.0 Å². The first-order chi connectivity index (χ1) is 10.9. The number of thiophene rings is 1. The number of nitrogens with zero attached hydrogens (tertiary/aromatic N) is 1. The molecular formula is C19H26N2OS. The monoisotopic (exact) mass is 330 g/mol. The Morgan fingerprint density at radius 3 is 2.30 bits per heavy atom. The van der Waals surface area contributed by atoms with Crippen LogP contribution in [0, 0.1) is 0 Å². The van der Waals surface area contributed by atoms with Crippen LogP contribution in [-0.4, -0.2) is 18.5 Å². The first-order valence-corrected chi connectivity index (χ1v) is 9.07. The number of benzene rings is 1. The van der Waals surface area contributed by atoms with Gasteiger partial charge < -0.3 is 10.2 Å². The fourth-order valence-electron chi connectivity index (χ4n) is 2.73. The molecule has 0 fully saturated rings. The van der Waals surface area contributed by atoms with Crippen LogP contribution < -0.4 is 10.2 Å². The second-order valence-corrected chi connectivity index (χ2v) is 7.16. The van der Waals surface area contributed by atoms with Crippen molar-refractivity contribution in [3.05, 3.63) is 46.2 Å². The molecule has 0 spiro atoms. The summed E-state index contributed by atoms with van der Waals surface area (Å²) in [5.41, 5.74) is 3.13. The zero-order valence-electron chi connectivity index (χ0n) is 14.6. The van der Waals surface area contributed by atoms with Crippen molar-refractivity contribution in [1.82, 2.24) is 0 Å². The SMILES string of the molecule is CCN(c1ccc(NC(=O)c2sccc2C(C)C)cc1)C(C)C. The fourth-order valence-corrected chi connectivity index (χ4v) is 3.68. The van der Waals surface area contributed by atoms with Crippen LogP contribution in [0.25, 0.3) is 0 Å². The number of anilines is 2. The van der Waals surface area contributed by atoms with Crippen LogP contribution in [-0.2, 0) is 0 Å². The van der Waals surface area contributed by atoms with Crippen molar-refractivity contribution in [2.45, 2.75) is 46.6 Å². The summed E-state index contributed by atoms with van der Waals surface area (Å²) in [6.07, 6.45) is 0. The molecule has 0 aliphatic carbocycles. The molecule has 0 aliphatic rings. The van der Waals surface area contributed by atoms with Gasteiger partial charge in [-0.15, -0.1) is 11.3 Å². The highest BCUT2D eigenvalue weighted by atomic mass is 32.1.